The number of nitrogens with two attached hydrogens (primary N) is 1. The van der Waals surface area contributed by atoms with Crippen LogP contribution in [-0.4, -0.2) is 58.3 Å². The summed E-state index contributed by atoms with van der Waals surface area (Å²) in [6.45, 7) is 2.58. The topological polar surface area (TPSA) is 87.7 Å². The van der Waals surface area contributed by atoms with Crippen molar-refractivity contribution in [2.75, 3.05) is 41.7 Å². The van der Waals surface area contributed by atoms with Crippen LogP contribution in [0.1, 0.15) is 17.5 Å². The van der Waals surface area contributed by atoms with Gasteiger partial charge in [-0.1, -0.05) is 29.8 Å². The van der Waals surface area contributed by atoms with Crippen LogP contribution in [0.15, 0.2) is 51.7 Å². The van der Waals surface area contributed by atoms with Crippen molar-refractivity contribution in [2.45, 2.75) is 37.0 Å². The number of benzene rings is 2. The molecule has 2 aliphatic heterocycles. The predicted octanol–water partition coefficient (Wildman–Crippen LogP) is 3.89. The number of anilines is 2. The third-order valence-corrected chi connectivity index (χ3v) is 8.76. The van der Waals surface area contributed by atoms with E-state index in [0.717, 1.165) is 35.2 Å². The second kappa shape index (κ2) is 8.94. The van der Waals surface area contributed by atoms with Gasteiger partial charge in [0.25, 0.3) is 0 Å². The maximum Gasteiger partial charge on any atom is 0.408 e. The summed E-state index contributed by atoms with van der Waals surface area (Å²) in [5.74, 6) is 1.20. The summed E-state index contributed by atoms with van der Waals surface area (Å²) in [5, 5.41) is 0.932. The van der Waals surface area contributed by atoms with E-state index in [-0.39, 0.29) is 18.3 Å². The Morgan fingerprint density at radius 1 is 1.14 bits per heavy atom. The van der Waals surface area contributed by atoms with E-state index in [1.165, 1.54) is 0 Å². The van der Waals surface area contributed by atoms with Gasteiger partial charge in [-0.05, 0) is 37.1 Å². The molecule has 2 aliphatic rings. The Balaban J connectivity index is 1.58. The summed E-state index contributed by atoms with van der Waals surface area (Å²) in [6.07, 6.45) is -3.65. The fourth-order valence-corrected chi connectivity index (χ4v) is 6.78. The zero-order chi connectivity index (χ0) is 24.8. The molecule has 7 nitrogen and oxygen atoms in total. The molecule has 2 aromatic carbocycles. The van der Waals surface area contributed by atoms with Gasteiger partial charge < -0.3 is 15.5 Å². The lowest BCUT2D eigenvalue weighted by molar-refractivity contribution is -0.117. The van der Waals surface area contributed by atoms with Gasteiger partial charge >= 0.3 is 6.18 Å². The van der Waals surface area contributed by atoms with E-state index in [9.17, 15) is 17.4 Å². The smallest absolute Gasteiger partial charge is 0.354 e. The number of rotatable bonds is 3. The van der Waals surface area contributed by atoms with Gasteiger partial charge in [-0.25, -0.2) is 13.6 Å². The minimum absolute atomic E-state index is 0.0424. The van der Waals surface area contributed by atoms with Crippen LogP contribution in [-0.2, 0) is 16.3 Å². The Hall–Kier alpha value is -2.92. The van der Waals surface area contributed by atoms with Crippen LogP contribution in [0.3, 0.4) is 0 Å². The molecule has 1 aromatic heterocycles. The second-order valence-electron chi connectivity index (χ2n) is 9.14. The lowest BCUT2D eigenvalue weighted by atomic mass is 10.1. The first-order valence-electron chi connectivity index (χ1n) is 11.5. The Bertz CT molecular complexity index is 1390. The average molecular weight is 505 g/mol. The Morgan fingerprint density at radius 2 is 1.94 bits per heavy atom. The SMILES string of the molecule is Cc1ccc2nc(N3CCS(=O)(=NCC(F)(F)F)c4ccccc4C3)nc(N3CC[C@@H](N)C3)c2c1. The van der Waals surface area contributed by atoms with Crippen LogP contribution in [0.25, 0.3) is 10.9 Å². The maximum atomic E-state index is 13.7. The summed E-state index contributed by atoms with van der Waals surface area (Å²) in [5.41, 5.74) is 8.69. The van der Waals surface area contributed by atoms with E-state index in [4.69, 9.17) is 15.7 Å². The number of hydrogen-bond acceptors (Lipinski definition) is 7. The molecule has 0 radical (unpaired) electrons. The minimum atomic E-state index is -4.52. The second-order valence-corrected chi connectivity index (χ2v) is 11.5. The molecule has 0 aliphatic carbocycles. The zero-order valence-electron chi connectivity index (χ0n) is 19.3. The molecule has 1 fully saturated rings. The van der Waals surface area contributed by atoms with Crippen molar-refractivity contribution in [3.8, 4) is 0 Å². The Morgan fingerprint density at radius 3 is 2.69 bits per heavy atom. The van der Waals surface area contributed by atoms with Crippen LogP contribution in [0.5, 0.6) is 0 Å². The standard InChI is InChI=1S/C24H27F3N6OS/c1-16-6-7-20-19(12-16)22(32-9-8-18(28)14-32)31-23(30-20)33-10-11-35(34,29-15-24(25,26)27)21-5-3-2-4-17(21)13-33/h2-7,12,18H,8-11,13-15,28H2,1H3/t18-,35?/m1/s1. The molecule has 1 saturated heterocycles. The fourth-order valence-electron chi connectivity index (χ4n) is 4.63. The normalized spacial score (nSPS) is 22.8. The molecule has 1 unspecified atom stereocenters. The van der Waals surface area contributed by atoms with E-state index in [1.807, 2.05) is 24.0 Å². The van der Waals surface area contributed by atoms with Crippen molar-refractivity contribution >= 4 is 32.4 Å². The minimum Gasteiger partial charge on any atom is -0.354 e. The summed E-state index contributed by atoms with van der Waals surface area (Å²) >= 11 is 0. The molecular formula is C24H27F3N6OS. The molecule has 0 saturated carbocycles. The summed E-state index contributed by atoms with van der Waals surface area (Å²) < 4.78 is 56.2. The lowest BCUT2D eigenvalue weighted by Crippen LogP contribution is -2.30. The number of nitrogens with zero attached hydrogens (tertiary/aromatic N) is 5. The quantitative estimate of drug-likeness (QED) is 0.583. The number of halogens is 3. The molecule has 35 heavy (non-hydrogen) atoms. The van der Waals surface area contributed by atoms with Crippen LogP contribution < -0.4 is 15.5 Å². The predicted molar refractivity (Wildman–Crippen MR) is 131 cm³/mol. The molecule has 0 spiro atoms. The number of hydrogen-bond donors (Lipinski definition) is 1. The van der Waals surface area contributed by atoms with Crippen molar-refractivity contribution in [1.82, 2.24) is 9.97 Å². The number of aryl methyl sites for hydroxylation is 1. The van der Waals surface area contributed by atoms with Crippen molar-refractivity contribution in [3.63, 3.8) is 0 Å². The highest BCUT2D eigenvalue weighted by Gasteiger charge is 2.31. The lowest BCUT2D eigenvalue weighted by Gasteiger charge is -2.25. The number of aromatic nitrogens is 2. The highest BCUT2D eigenvalue weighted by atomic mass is 32.2. The summed E-state index contributed by atoms with van der Waals surface area (Å²) in [4.78, 5) is 14.1. The number of fused-ring (bicyclic) bond motifs is 2. The van der Waals surface area contributed by atoms with E-state index < -0.39 is 22.5 Å². The molecule has 5 rings (SSSR count). The van der Waals surface area contributed by atoms with E-state index >= 15 is 0 Å². The third-order valence-electron chi connectivity index (χ3n) is 6.39. The van der Waals surface area contributed by atoms with E-state index in [2.05, 4.69) is 15.3 Å². The van der Waals surface area contributed by atoms with Gasteiger partial charge in [0, 0.05) is 37.6 Å². The Labute approximate surface area is 202 Å². The van der Waals surface area contributed by atoms with Crippen molar-refractivity contribution in [3.05, 3.63) is 53.6 Å². The first kappa shape index (κ1) is 23.8. The fraction of sp³-hybridized carbons (Fsp3) is 0.417. The molecule has 3 aromatic rings. The largest absolute Gasteiger partial charge is 0.408 e. The van der Waals surface area contributed by atoms with Crippen molar-refractivity contribution in [1.29, 1.82) is 0 Å². The molecule has 11 heteroatoms. The van der Waals surface area contributed by atoms with Crippen molar-refractivity contribution in [2.24, 2.45) is 10.1 Å². The first-order valence-corrected chi connectivity index (χ1v) is 13.2. The summed E-state index contributed by atoms with van der Waals surface area (Å²) in [6, 6.07) is 12.9. The first-order chi connectivity index (χ1) is 16.6. The van der Waals surface area contributed by atoms with Gasteiger partial charge in [-0.2, -0.15) is 18.2 Å². The molecular weight excluding hydrogens is 477 g/mol. The highest BCUT2D eigenvalue weighted by Crippen LogP contribution is 2.32. The average Bonchev–Trinajstić information content (AvgIpc) is 3.19. The van der Waals surface area contributed by atoms with Crippen LogP contribution in [0, 0.1) is 6.92 Å². The zero-order valence-corrected chi connectivity index (χ0v) is 20.1. The van der Waals surface area contributed by atoms with Gasteiger partial charge in [0.1, 0.15) is 12.4 Å². The van der Waals surface area contributed by atoms with Crippen LogP contribution >= 0.6 is 0 Å². The maximum absolute atomic E-state index is 13.7. The van der Waals surface area contributed by atoms with Gasteiger partial charge in [-0.3, -0.25) is 0 Å². The van der Waals surface area contributed by atoms with E-state index in [1.54, 1.807) is 24.3 Å². The molecule has 0 bridgehead atoms. The van der Waals surface area contributed by atoms with Gasteiger partial charge in [0.2, 0.25) is 5.95 Å². The van der Waals surface area contributed by atoms with Gasteiger partial charge in [0.05, 0.1) is 25.9 Å². The molecule has 2 N–H and O–H groups in total. The summed E-state index contributed by atoms with van der Waals surface area (Å²) in [7, 11) is -3.26. The number of alkyl halides is 3. The van der Waals surface area contributed by atoms with Crippen LogP contribution in [0.4, 0.5) is 24.9 Å². The third kappa shape index (κ3) is 4.92. The molecule has 186 valence electrons. The van der Waals surface area contributed by atoms with Gasteiger partial charge in [0.15, 0.2) is 0 Å². The monoisotopic (exact) mass is 504 g/mol. The van der Waals surface area contributed by atoms with Gasteiger partial charge in [-0.15, -0.1) is 0 Å². The highest BCUT2D eigenvalue weighted by molar-refractivity contribution is 7.93. The van der Waals surface area contributed by atoms with Crippen molar-refractivity contribution < 1.29 is 17.4 Å². The molecule has 3 heterocycles. The molecule has 0 amide bonds. The van der Waals surface area contributed by atoms with Crippen LogP contribution in [0.2, 0.25) is 0 Å². The Kier molecular flexibility index (Phi) is 6.08. The van der Waals surface area contributed by atoms with E-state index in [0.29, 0.717) is 29.5 Å². The molecule has 2 atom stereocenters.